The van der Waals surface area contributed by atoms with E-state index in [0.29, 0.717) is 0 Å². The Morgan fingerprint density at radius 1 is 1.42 bits per heavy atom. The molecule has 2 N–H and O–H groups in total. The molecular weight excluding hydrogens is 240 g/mol. The molecule has 0 spiro atoms. The van der Waals surface area contributed by atoms with E-state index >= 15 is 0 Å². The van der Waals surface area contributed by atoms with Crippen molar-refractivity contribution in [3.05, 3.63) is 29.8 Å². The minimum Gasteiger partial charge on any atom is -0.496 e. The molecule has 1 atom stereocenters. The van der Waals surface area contributed by atoms with Crippen molar-refractivity contribution in [1.82, 2.24) is 4.90 Å². The first-order valence-corrected chi connectivity index (χ1v) is 6.45. The van der Waals surface area contributed by atoms with Crippen LogP contribution in [0, 0.1) is 0 Å². The third-order valence-electron chi connectivity index (χ3n) is 3.24. The summed E-state index contributed by atoms with van der Waals surface area (Å²) in [5, 5.41) is 0. The molecule has 4 nitrogen and oxygen atoms in total. The van der Waals surface area contributed by atoms with Crippen molar-refractivity contribution in [3.8, 4) is 5.75 Å². The van der Waals surface area contributed by atoms with E-state index in [1.165, 1.54) is 0 Å². The largest absolute Gasteiger partial charge is 0.496 e. The van der Waals surface area contributed by atoms with E-state index in [0.717, 1.165) is 17.7 Å². The number of methoxy groups -OCH3 is 1. The van der Waals surface area contributed by atoms with Crippen molar-refractivity contribution in [1.29, 1.82) is 0 Å². The molecule has 1 aromatic rings. The number of nitrogens with two attached hydrogens (primary N) is 1. The van der Waals surface area contributed by atoms with Gasteiger partial charge in [-0.15, -0.1) is 0 Å². The van der Waals surface area contributed by atoms with Gasteiger partial charge in [0.15, 0.2) is 0 Å². The van der Waals surface area contributed by atoms with Gasteiger partial charge in [-0.2, -0.15) is 0 Å². The number of hydrogen-bond donors (Lipinski definition) is 1. The number of likely N-dealkylation sites (N-methyl/N-ethyl adjacent to an activating group) is 1. The van der Waals surface area contributed by atoms with Crippen LogP contribution in [-0.4, -0.2) is 36.5 Å². The Balaban J connectivity index is 2.79. The van der Waals surface area contributed by atoms with Gasteiger partial charge in [-0.1, -0.05) is 18.2 Å². The van der Waals surface area contributed by atoms with Crippen molar-refractivity contribution in [2.75, 3.05) is 14.2 Å². The van der Waals surface area contributed by atoms with Crippen LogP contribution >= 0.6 is 0 Å². The van der Waals surface area contributed by atoms with Gasteiger partial charge in [-0.25, -0.2) is 0 Å². The van der Waals surface area contributed by atoms with Crippen molar-refractivity contribution < 1.29 is 9.53 Å². The van der Waals surface area contributed by atoms with Gasteiger partial charge >= 0.3 is 0 Å². The smallest absolute Gasteiger partial charge is 0.242 e. The number of carbonyl (C=O) groups excluding carboxylic acids is 1. The van der Waals surface area contributed by atoms with E-state index < -0.39 is 5.54 Å². The lowest BCUT2D eigenvalue weighted by Crippen LogP contribution is -2.52. The van der Waals surface area contributed by atoms with Crippen LogP contribution in [0.2, 0.25) is 0 Å². The molecule has 0 aromatic heterocycles. The Hall–Kier alpha value is -1.55. The van der Waals surface area contributed by atoms with Gasteiger partial charge in [-0.05, 0) is 38.8 Å². The van der Waals surface area contributed by atoms with Gasteiger partial charge in [0.05, 0.1) is 12.6 Å². The molecule has 0 radical (unpaired) electrons. The lowest BCUT2D eigenvalue weighted by atomic mass is 10.0. The summed E-state index contributed by atoms with van der Waals surface area (Å²) in [4.78, 5) is 13.8. The molecule has 1 amide bonds. The zero-order valence-electron chi connectivity index (χ0n) is 12.4. The molecule has 19 heavy (non-hydrogen) atoms. The number of hydrogen-bond acceptors (Lipinski definition) is 3. The Kier molecular flexibility index (Phi) is 4.95. The highest BCUT2D eigenvalue weighted by atomic mass is 16.5. The number of rotatable bonds is 5. The number of nitrogens with zero attached hydrogens (tertiary/aromatic N) is 1. The molecule has 0 bridgehead atoms. The van der Waals surface area contributed by atoms with E-state index in [4.69, 9.17) is 10.5 Å². The first-order valence-electron chi connectivity index (χ1n) is 6.45. The fourth-order valence-electron chi connectivity index (χ4n) is 1.98. The third-order valence-corrected chi connectivity index (χ3v) is 3.24. The molecule has 0 aliphatic heterocycles. The van der Waals surface area contributed by atoms with Crippen LogP contribution in [0.25, 0.3) is 0 Å². The summed E-state index contributed by atoms with van der Waals surface area (Å²) in [6.07, 6.45) is 0.738. The summed E-state index contributed by atoms with van der Waals surface area (Å²) in [7, 11) is 3.44. The minimum atomic E-state index is -0.843. The standard InChI is InChI=1S/C15H24N2O2/c1-11(17(4)14(18)15(2,3)16)10-12-8-6-7-9-13(12)19-5/h6-9,11H,10,16H2,1-5H3. The van der Waals surface area contributed by atoms with Crippen LogP contribution in [0.5, 0.6) is 5.75 Å². The van der Waals surface area contributed by atoms with Crippen LogP contribution in [-0.2, 0) is 11.2 Å². The molecule has 4 heteroatoms. The predicted molar refractivity (Wildman–Crippen MR) is 77.2 cm³/mol. The topological polar surface area (TPSA) is 55.6 Å². The maximum absolute atomic E-state index is 12.1. The fraction of sp³-hybridized carbons (Fsp3) is 0.533. The summed E-state index contributed by atoms with van der Waals surface area (Å²) < 4.78 is 5.33. The Labute approximate surface area is 115 Å². The summed E-state index contributed by atoms with van der Waals surface area (Å²) >= 11 is 0. The van der Waals surface area contributed by atoms with Crippen LogP contribution in [0.1, 0.15) is 26.3 Å². The average molecular weight is 264 g/mol. The second-order valence-electron chi connectivity index (χ2n) is 5.50. The molecule has 0 saturated carbocycles. The normalized spacial score (nSPS) is 12.9. The van der Waals surface area contributed by atoms with Gasteiger partial charge < -0.3 is 15.4 Å². The molecule has 106 valence electrons. The number of ether oxygens (including phenoxy) is 1. The molecular formula is C15H24N2O2. The zero-order valence-corrected chi connectivity index (χ0v) is 12.4. The molecule has 0 saturated heterocycles. The highest BCUT2D eigenvalue weighted by Crippen LogP contribution is 2.20. The van der Waals surface area contributed by atoms with Crippen molar-refractivity contribution >= 4 is 5.91 Å². The molecule has 1 rings (SSSR count). The number of benzene rings is 1. The van der Waals surface area contributed by atoms with E-state index in [9.17, 15) is 4.79 Å². The first-order chi connectivity index (χ1) is 8.77. The van der Waals surface area contributed by atoms with Crippen molar-refractivity contribution in [2.45, 2.75) is 38.8 Å². The molecule has 0 fully saturated rings. The van der Waals surface area contributed by atoms with E-state index in [1.807, 2.05) is 31.2 Å². The number of para-hydroxylation sites is 1. The predicted octanol–water partition coefficient (Wildman–Crippen LogP) is 1.82. The molecule has 0 heterocycles. The maximum atomic E-state index is 12.1. The second-order valence-corrected chi connectivity index (χ2v) is 5.50. The van der Waals surface area contributed by atoms with Gasteiger partial charge in [-0.3, -0.25) is 4.79 Å². The van der Waals surface area contributed by atoms with Gasteiger partial charge in [0, 0.05) is 13.1 Å². The summed E-state index contributed by atoms with van der Waals surface area (Å²) in [5.74, 6) is 0.789. The lowest BCUT2D eigenvalue weighted by molar-refractivity contribution is -0.136. The maximum Gasteiger partial charge on any atom is 0.242 e. The zero-order chi connectivity index (χ0) is 14.6. The van der Waals surface area contributed by atoms with E-state index in [2.05, 4.69) is 0 Å². The van der Waals surface area contributed by atoms with Crippen molar-refractivity contribution in [3.63, 3.8) is 0 Å². The Bertz CT molecular complexity index is 438. The van der Waals surface area contributed by atoms with Crippen LogP contribution < -0.4 is 10.5 Å². The van der Waals surface area contributed by atoms with Crippen LogP contribution in [0.4, 0.5) is 0 Å². The SMILES string of the molecule is COc1ccccc1CC(C)N(C)C(=O)C(C)(C)N. The third kappa shape index (κ3) is 3.96. The molecule has 0 aliphatic rings. The Morgan fingerprint density at radius 2 is 2.00 bits per heavy atom. The monoisotopic (exact) mass is 264 g/mol. The van der Waals surface area contributed by atoms with E-state index in [-0.39, 0.29) is 11.9 Å². The van der Waals surface area contributed by atoms with Crippen molar-refractivity contribution in [2.24, 2.45) is 5.73 Å². The highest BCUT2D eigenvalue weighted by molar-refractivity contribution is 5.85. The molecule has 1 aromatic carbocycles. The second kappa shape index (κ2) is 6.06. The average Bonchev–Trinajstić information content (AvgIpc) is 2.36. The fourth-order valence-corrected chi connectivity index (χ4v) is 1.98. The minimum absolute atomic E-state index is 0.0603. The number of amides is 1. The van der Waals surface area contributed by atoms with Crippen LogP contribution in [0.15, 0.2) is 24.3 Å². The van der Waals surface area contributed by atoms with Gasteiger partial charge in [0.1, 0.15) is 5.75 Å². The Morgan fingerprint density at radius 3 is 2.53 bits per heavy atom. The van der Waals surface area contributed by atoms with Gasteiger partial charge in [0.25, 0.3) is 0 Å². The quantitative estimate of drug-likeness (QED) is 0.882. The van der Waals surface area contributed by atoms with Crippen LogP contribution in [0.3, 0.4) is 0 Å². The summed E-state index contributed by atoms with van der Waals surface area (Å²) in [6, 6.07) is 7.91. The number of carbonyl (C=O) groups is 1. The summed E-state index contributed by atoms with van der Waals surface area (Å²) in [5.41, 5.74) is 6.10. The molecule has 1 unspecified atom stereocenters. The first kappa shape index (κ1) is 15.5. The highest BCUT2D eigenvalue weighted by Gasteiger charge is 2.28. The molecule has 0 aliphatic carbocycles. The lowest BCUT2D eigenvalue weighted by Gasteiger charge is -2.31. The van der Waals surface area contributed by atoms with Gasteiger partial charge in [0.2, 0.25) is 5.91 Å². The summed E-state index contributed by atoms with van der Waals surface area (Å²) in [6.45, 7) is 5.46. The van der Waals surface area contributed by atoms with E-state index in [1.54, 1.807) is 32.9 Å².